The number of hydrogen-bond donors (Lipinski definition) is 3. The molecule has 31 heavy (non-hydrogen) atoms. The predicted molar refractivity (Wildman–Crippen MR) is 121 cm³/mol. The van der Waals surface area contributed by atoms with Gasteiger partial charge in [-0.05, 0) is 38.1 Å². The molecular formula is C20H23F4IN4O2. The van der Waals surface area contributed by atoms with Crippen LogP contribution in [0.2, 0.25) is 0 Å². The van der Waals surface area contributed by atoms with Gasteiger partial charge >= 0.3 is 0 Å². The van der Waals surface area contributed by atoms with Crippen molar-refractivity contribution in [3.8, 4) is 5.75 Å². The molecule has 1 amide bonds. The maximum absolute atomic E-state index is 13.6. The number of aliphatic imine (C=N–C) groups is 1. The molecule has 0 aromatic heterocycles. The van der Waals surface area contributed by atoms with Crippen LogP contribution >= 0.6 is 24.0 Å². The Bertz CT molecular complexity index is 915. The van der Waals surface area contributed by atoms with Gasteiger partial charge in [0.05, 0.1) is 12.2 Å². The van der Waals surface area contributed by atoms with Gasteiger partial charge in [0.1, 0.15) is 24.2 Å². The first-order valence-corrected chi connectivity index (χ1v) is 9.18. The lowest BCUT2D eigenvalue weighted by molar-refractivity contribution is -0.114. The zero-order chi connectivity index (χ0) is 22.1. The lowest BCUT2D eigenvalue weighted by Crippen LogP contribution is -2.42. The van der Waals surface area contributed by atoms with Gasteiger partial charge in [-0.15, -0.1) is 24.0 Å². The maximum atomic E-state index is 13.6. The lowest BCUT2D eigenvalue weighted by Gasteiger charge is -2.17. The first kappa shape index (κ1) is 26.5. The van der Waals surface area contributed by atoms with Gasteiger partial charge in [-0.25, -0.2) is 22.6 Å². The van der Waals surface area contributed by atoms with E-state index in [1.165, 1.54) is 18.2 Å². The number of carbonyl (C=O) groups is 1. The van der Waals surface area contributed by atoms with Crippen LogP contribution in [0.1, 0.15) is 13.8 Å². The van der Waals surface area contributed by atoms with Crippen molar-refractivity contribution in [3.05, 3.63) is 59.7 Å². The van der Waals surface area contributed by atoms with Crippen molar-refractivity contribution in [1.29, 1.82) is 0 Å². The van der Waals surface area contributed by atoms with Crippen molar-refractivity contribution < 1.29 is 27.1 Å². The number of halogens is 5. The second-order valence-corrected chi connectivity index (χ2v) is 6.23. The van der Waals surface area contributed by atoms with E-state index in [1.807, 2.05) is 6.92 Å². The highest BCUT2D eigenvalue weighted by atomic mass is 127. The summed E-state index contributed by atoms with van der Waals surface area (Å²) in [4.78, 5) is 16.0. The number of guanidine groups is 1. The number of nitrogens with one attached hydrogen (secondary N) is 3. The molecule has 0 heterocycles. The number of ether oxygens (including phenoxy) is 1. The highest BCUT2D eigenvalue weighted by Gasteiger charge is 2.15. The minimum Gasteiger partial charge on any atom is -0.489 e. The van der Waals surface area contributed by atoms with Crippen molar-refractivity contribution in [2.24, 2.45) is 4.99 Å². The zero-order valence-electron chi connectivity index (χ0n) is 16.8. The number of benzene rings is 2. The summed E-state index contributed by atoms with van der Waals surface area (Å²) in [6.07, 6.45) is -0.347. The van der Waals surface area contributed by atoms with Crippen LogP contribution in [0.3, 0.4) is 0 Å². The van der Waals surface area contributed by atoms with Crippen LogP contribution in [-0.4, -0.2) is 37.6 Å². The second kappa shape index (κ2) is 13.0. The summed E-state index contributed by atoms with van der Waals surface area (Å²) in [5, 5.41) is 8.01. The Hall–Kier alpha value is -2.57. The smallest absolute Gasteiger partial charge is 0.246 e. The quantitative estimate of drug-likeness (QED) is 0.153. The molecule has 3 N–H and O–H groups in total. The fourth-order valence-electron chi connectivity index (χ4n) is 2.36. The molecule has 2 aromatic rings. The molecule has 0 bridgehead atoms. The largest absolute Gasteiger partial charge is 0.489 e. The fourth-order valence-corrected chi connectivity index (χ4v) is 2.36. The molecule has 0 saturated heterocycles. The number of amides is 1. The van der Waals surface area contributed by atoms with E-state index >= 15 is 0 Å². The second-order valence-electron chi connectivity index (χ2n) is 6.23. The van der Waals surface area contributed by atoms with Crippen LogP contribution in [0.25, 0.3) is 0 Å². The van der Waals surface area contributed by atoms with Crippen molar-refractivity contribution in [2.75, 3.05) is 25.0 Å². The molecule has 11 heteroatoms. The standard InChI is InChI=1S/C20H22F4N4O2.HI/c1-3-25-20(26-10-12(2)30-14-6-4-5-13(21)9-14)27-11-17(29)28-16-8-7-15(22)18(23)19(16)24;/h4-9,12H,3,10-11H2,1-2H3,(H,28,29)(H2,25,26,27);1H. The number of hydrogen-bond acceptors (Lipinski definition) is 3. The summed E-state index contributed by atoms with van der Waals surface area (Å²) in [6, 6.07) is 7.36. The van der Waals surface area contributed by atoms with Gasteiger partial charge < -0.3 is 20.7 Å². The minimum atomic E-state index is -1.67. The predicted octanol–water partition coefficient (Wildman–Crippen LogP) is 3.82. The molecule has 1 unspecified atom stereocenters. The SMILES string of the molecule is CCNC(=NCC(=O)Nc1ccc(F)c(F)c1F)NCC(C)Oc1cccc(F)c1.I. The highest BCUT2D eigenvalue weighted by molar-refractivity contribution is 14.0. The summed E-state index contributed by atoms with van der Waals surface area (Å²) in [7, 11) is 0. The molecule has 2 aromatic carbocycles. The lowest BCUT2D eigenvalue weighted by atomic mass is 10.3. The van der Waals surface area contributed by atoms with Crippen LogP contribution < -0.4 is 20.7 Å². The Labute approximate surface area is 194 Å². The number of rotatable bonds is 8. The van der Waals surface area contributed by atoms with Crippen LogP contribution in [0.15, 0.2) is 41.4 Å². The Morgan fingerprint density at radius 3 is 2.52 bits per heavy atom. The molecule has 2 rings (SSSR count). The van der Waals surface area contributed by atoms with Crippen molar-refractivity contribution in [2.45, 2.75) is 20.0 Å². The van der Waals surface area contributed by atoms with E-state index < -0.39 is 41.4 Å². The molecule has 0 saturated carbocycles. The third-order valence-corrected chi connectivity index (χ3v) is 3.72. The molecule has 6 nitrogen and oxygen atoms in total. The van der Waals surface area contributed by atoms with Gasteiger partial charge in [0, 0.05) is 12.6 Å². The van der Waals surface area contributed by atoms with Crippen molar-refractivity contribution in [1.82, 2.24) is 10.6 Å². The topological polar surface area (TPSA) is 74.8 Å². The van der Waals surface area contributed by atoms with Crippen LogP contribution in [0, 0.1) is 23.3 Å². The Morgan fingerprint density at radius 1 is 1.10 bits per heavy atom. The van der Waals surface area contributed by atoms with Gasteiger partial charge in [-0.3, -0.25) is 4.79 Å². The maximum Gasteiger partial charge on any atom is 0.246 e. The van der Waals surface area contributed by atoms with Crippen LogP contribution in [-0.2, 0) is 4.79 Å². The van der Waals surface area contributed by atoms with E-state index in [9.17, 15) is 22.4 Å². The van der Waals surface area contributed by atoms with E-state index in [0.717, 1.165) is 6.07 Å². The van der Waals surface area contributed by atoms with E-state index in [0.29, 0.717) is 24.9 Å². The number of anilines is 1. The number of carbonyl (C=O) groups excluding carboxylic acids is 1. The number of nitrogens with zero attached hydrogens (tertiary/aromatic N) is 1. The summed E-state index contributed by atoms with van der Waals surface area (Å²) in [5.74, 6) is -4.98. The van der Waals surface area contributed by atoms with Gasteiger partial charge in [-0.2, -0.15) is 0 Å². The summed E-state index contributed by atoms with van der Waals surface area (Å²) in [5.41, 5.74) is -0.482. The van der Waals surface area contributed by atoms with Gasteiger partial charge in [0.15, 0.2) is 23.4 Å². The van der Waals surface area contributed by atoms with Crippen LogP contribution in [0.5, 0.6) is 5.75 Å². The first-order valence-electron chi connectivity index (χ1n) is 9.18. The average Bonchev–Trinajstić information content (AvgIpc) is 2.70. The van der Waals surface area contributed by atoms with Gasteiger partial charge in [-0.1, -0.05) is 6.07 Å². The highest BCUT2D eigenvalue weighted by Crippen LogP contribution is 2.19. The fraction of sp³-hybridized carbons (Fsp3) is 0.300. The van der Waals surface area contributed by atoms with Gasteiger partial charge in [0.25, 0.3) is 0 Å². The zero-order valence-corrected chi connectivity index (χ0v) is 19.2. The van der Waals surface area contributed by atoms with Crippen LogP contribution in [0.4, 0.5) is 23.2 Å². The molecule has 0 spiro atoms. The van der Waals surface area contributed by atoms with Crippen molar-refractivity contribution >= 4 is 41.5 Å². The third-order valence-electron chi connectivity index (χ3n) is 3.72. The summed E-state index contributed by atoms with van der Waals surface area (Å²) in [6.45, 7) is 3.99. The molecule has 0 radical (unpaired) electrons. The van der Waals surface area contributed by atoms with E-state index in [-0.39, 0.29) is 36.0 Å². The van der Waals surface area contributed by atoms with E-state index in [1.54, 1.807) is 13.0 Å². The summed E-state index contributed by atoms with van der Waals surface area (Å²) >= 11 is 0. The van der Waals surface area contributed by atoms with E-state index in [2.05, 4.69) is 20.9 Å². The Balaban J connectivity index is 0.00000480. The Kier molecular flexibility index (Phi) is 11.1. The minimum absolute atomic E-state index is 0. The molecule has 170 valence electrons. The molecule has 1 atom stereocenters. The first-order chi connectivity index (χ1) is 14.3. The van der Waals surface area contributed by atoms with E-state index in [4.69, 9.17) is 4.74 Å². The molecule has 0 aliphatic heterocycles. The Morgan fingerprint density at radius 2 is 1.84 bits per heavy atom. The van der Waals surface area contributed by atoms with Crippen molar-refractivity contribution in [3.63, 3.8) is 0 Å². The average molecular weight is 554 g/mol. The normalized spacial score (nSPS) is 11.9. The summed E-state index contributed by atoms with van der Waals surface area (Å²) < 4.78 is 58.6. The van der Waals surface area contributed by atoms with Gasteiger partial charge in [0.2, 0.25) is 5.91 Å². The molecule has 0 aliphatic rings. The third kappa shape index (κ3) is 8.59. The molecule has 0 fully saturated rings. The molecule has 0 aliphatic carbocycles. The monoisotopic (exact) mass is 554 g/mol. The molecular weight excluding hydrogens is 531 g/mol.